The second kappa shape index (κ2) is 6.90. The van der Waals surface area contributed by atoms with Crippen LogP contribution in [0, 0.1) is 13.8 Å². The molecule has 0 spiro atoms. The third-order valence-corrected chi connectivity index (χ3v) is 4.45. The minimum absolute atomic E-state index is 0.0403. The Bertz CT molecular complexity index is 709. The smallest absolute Gasteiger partial charge is 0.274 e. The molecular weight excluding hydrogens is 304 g/mol. The van der Waals surface area contributed by atoms with Crippen LogP contribution in [0.5, 0.6) is 0 Å². The van der Waals surface area contributed by atoms with Gasteiger partial charge in [-0.25, -0.2) is 15.0 Å². The molecule has 0 aliphatic carbocycles. The van der Waals surface area contributed by atoms with Crippen LogP contribution in [0.25, 0.3) is 0 Å². The van der Waals surface area contributed by atoms with Gasteiger partial charge in [0.1, 0.15) is 17.8 Å². The molecule has 1 aliphatic rings. The van der Waals surface area contributed by atoms with Gasteiger partial charge in [0.15, 0.2) is 0 Å². The highest BCUT2D eigenvalue weighted by atomic mass is 16.2. The molecule has 1 aliphatic heterocycles. The van der Waals surface area contributed by atoms with E-state index in [-0.39, 0.29) is 5.91 Å². The van der Waals surface area contributed by atoms with Gasteiger partial charge in [0.05, 0.1) is 11.9 Å². The molecule has 0 N–H and O–H groups in total. The van der Waals surface area contributed by atoms with Crippen molar-refractivity contribution in [2.45, 2.75) is 32.7 Å². The lowest BCUT2D eigenvalue weighted by Crippen LogP contribution is -2.46. The van der Waals surface area contributed by atoms with Crippen molar-refractivity contribution in [1.29, 1.82) is 0 Å². The molecule has 126 valence electrons. The van der Waals surface area contributed by atoms with E-state index in [1.807, 2.05) is 24.8 Å². The van der Waals surface area contributed by atoms with Gasteiger partial charge in [0, 0.05) is 44.1 Å². The highest BCUT2D eigenvalue weighted by Crippen LogP contribution is 2.21. The van der Waals surface area contributed by atoms with Crippen LogP contribution in [0.2, 0.25) is 0 Å². The molecule has 1 amide bonds. The number of carbonyl (C=O) groups excluding carboxylic acids is 1. The lowest BCUT2D eigenvalue weighted by Gasteiger charge is -2.37. The summed E-state index contributed by atoms with van der Waals surface area (Å²) in [5.74, 6) is 0.887. The number of likely N-dealkylation sites (tertiary alicyclic amines) is 1. The lowest BCUT2D eigenvalue weighted by molar-refractivity contribution is 0.0706. The Morgan fingerprint density at radius 3 is 2.46 bits per heavy atom. The molecule has 1 fully saturated rings. The average molecular weight is 326 g/mol. The van der Waals surface area contributed by atoms with E-state index in [1.54, 1.807) is 18.7 Å². The maximum atomic E-state index is 12.5. The Morgan fingerprint density at radius 1 is 1.08 bits per heavy atom. The van der Waals surface area contributed by atoms with Crippen LogP contribution in [0.3, 0.4) is 0 Å². The highest BCUT2D eigenvalue weighted by Gasteiger charge is 2.27. The van der Waals surface area contributed by atoms with Gasteiger partial charge in [-0.15, -0.1) is 0 Å². The summed E-state index contributed by atoms with van der Waals surface area (Å²) in [5, 5.41) is 0. The number of rotatable bonds is 3. The zero-order valence-electron chi connectivity index (χ0n) is 14.3. The van der Waals surface area contributed by atoms with Crippen molar-refractivity contribution in [1.82, 2.24) is 24.8 Å². The van der Waals surface area contributed by atoms with E-state index in [0.29, 0.717) is 24.8 Å². The molecule has 3 heterocycles. The van der Waals surface area contributed by atoms with Crippen LogP contribution in [-0.4, -0.2) is 56.9 Å². The van der Waals surface area contributed by atoms with E-state index < -0.39 is 0 Å². The van der Waals surface area contributed by atoms with E-state index in [2.05, 4.69) is 31.9 Å². The third-order valence-electron chi connectivity index (χ3n) is 4.45. The second-order valence-electron chi connectivity index (χ2n) is 6.19. The van der Waals surface area contributed by atoms with Gasteiger partial charge >= 0.3 is 0 Å². The largest absolute Gasteiger partial charge is 0.356 e. The van der Waals surface area contributed by atoms with E-state index >= 15 is 0 Å². The second-order valence-corrected chi connectivity index (χ2v) is 6.19. The molecule has 2 aromatic rings. The van der Waals surface area contributed by atoms with Gasteiger partial charge in [-0.3, -0.25) is 9.78 Å². The van der Waals surface area contributed by atoms with Crippen LogP contribution in [-0.2, 0) is 0 Å². The minimum Gasteiger partial charge on any atom is -0.356 e. The van der Waals surface area contributed by atoms with Crippen molar-refractivity contribution < 1.29 is 4.79 Å². The molecule has 3 rings (SSSR count). The van der Waals surface area contributed by atoms with Gasteiger partial charge in [0.25, 0.3) is 5.91 Å². The van der Waals surface area contributed by atoms with E-state index in [0.717, 1.165) is 30.0 Å². The van der Waals surface area contributed by atoms with Crippen molar-refractivity contribution in [3.63, 3.8) is 0 Å². The van der Waals surface area contributed by atoms with E-state index in [1.165, 1.54) is 0 Å². The number of anilines is 1. The minimum atomic E-state index is -0.0403. The topological polar surface area (TPSA) is 75.1 Å². The predicted molar refractivity (Wildman–Crippen MR) is 90.9 cm³/mol. The molecule has 0 radical (unpaired) electrons. The summed E-state index contributed by atoms with van der Waals surface area (Å²) in [5.41, 5.74) is 2.18. The number of aryl methyl sites for hydroxylation is 2. The summed E-state index contributed by atoms with van der Waals surface area (Å²) in [6, 6.07) is 2.35. The van der Waals surface area contributed by atoms with Crippen molar-refractivity contribution >= 4 is 11.7 Å². The summed E-state index contributed by atoms with van der Waals surface area (Å²) in [4.78, 5) is 33.3. The SMILES string of the molecule is Cc1cnc(C(=O)N2CCC(N(C)c3cc(C)ncn3)CC2)cn1. The first-order valence-corrected chi connectivity index (χ1v) is 8.14. The van der Waals surface area contributed by atoms with Crippen molar-refractivity contribution in [3.05, 3.63) is 41.9 Å². The van der Waals surface area contributed by atoms with Gasteiger partial charge in [-0.1, -0.05) is 0 Å². The first-order chi connectivity index (χ1) is 11.5. The maximum absolute atomic E-state index is 12.5. The Balaban J connectivity index is 1.61. The molecule has 0 unspecified atom stereocenters. The molecule has 0 saturated carbocycles. The Kier molecular flexibility index (Phi) is 4.69. The number of hydrogen-bond acceptors (Lipinski definition) is 6. The summed E-state index contributed by atoms with van der Waals surface area (Å²) >= 11 is 0. The van der Waals surface area contributed by atoms with E-state index in [9.17, 15) is 4.79 Å². The van der Waals surface area contributed by atoms with Crippen molar-refractivity contribution in [2.75, 3.05) is 25.0 Å². The number of piperidine rings is 1. The molecule has 7 nitrogen and oxygen atoms in total. The molecule has 0 aromatic carbocycles. The summed E-state index contributed by atoms with van der Waals surface area (Å²) in [6.07, 6.45) is 6.59. The van der Waals surface area contributed by atoms with Crippen LogP contribution in [0.15, 0.2) is 24.8 Å². The fourth-order valence-electron chi connectivity index (χ4n) is 2.94. The summed E-state index contributed by atoms with van der Waals surface area (Å²) in [6.45, 7) is 5.25. The normalized spacial score (nSPS) is 15.4. The maximum Gasteiger partial charge on any atom is 0.274 e. The zero-order valence-corrected chi connectivity index (χ0v) is 14.3. The van der Waals surface area contributed by atoms with Gasteiger partial charge in [0.2, 0.25) is 0 Å². The standard InChI is InChI=1S/C17H22N6O/c1-12-8-16(21-11-20-12)22(3)14-4-6-23(7-5-14)17(24)15-10-18-13(2)9-19-15/h8-11,14H,4-7H2,1-3H3. The molecule has 2 aromatic heterocycles. The Labute approximate surface area is 141 Å². The highest BCUT2D eigenvalue weighted by molar-refractivity contribution is 5.92. The first-order valence-electron chi connectivity index (χ1n) is 8.14. The van der Waals surface area contributed by atoms with Gasteiger partial charge in [-0.05, 0) is 26.7 Å². The number of hydrogen-bond donors (Lipinski definition) is 0. The number of aromatic nitrogens is 4. The predicted octanol–water partition coefficient (Wildman–Crippen LogP) is 1.62. The van der Waals surface area contributed by atoms with Crippen LogP contribution >= 0.6 is 0 Å². The van der Waals surface area contributed by atoms with Crippen molar-refractivity contribution in [2.24, 2.45) is 0 Å². The summed E-state index contributed by atoms with van der Waals surface area (Å²) in [7, 11) is 2.05. The number of carbonyl (C=O) groups is 1. The fraction of sp³-hybridized carbons (Fsp3) is 0.471. The third kappa shape index (κ3) is 3.50. The Hall–Kier alpha value is -2.57. The molecule has 24 heavy (non-hydrogen) atoms. The van der Waals surface area contributed by atoms with Gasteiger partial charge < -0.3 is 9.80 Å². The van der Waals surface area contributed by atoms with Gasteiger partial charge in [-0.2, -0.15) is 0 Å². The number of amides is 1. The van der Waals surface area contributed by atoms with Crippen LogP contribution < -0.4 is 4.90 Å². The van der Waals surface area contributed by atoms with Crippen LogP contribution in [0.4, 0.5) is 5.82 Å². The molecule has 7 heteroatoms. The molecular formula is C17H22N6O. The van der Waals surface area contributed by atoms with Crippen molar-refractivity contribution in [3.8, 4) is 0 Å². The molecule has 0 atom stereocenters. The molecule has 1 saturated heterocycles. The average Bonchev–Trinajstić information content (AvgIpc) is 2.61. The summed E-state index contributed by atoms with van der Waals surface area (Å²) < 4.78 is 0. The lowest BCUT2D eigenvalue weighted by atomic mass is 10.0. The number of nitrogens with zero attached hydrogens (tertiary/aromatic N) is 6. The quantitative estimate of drug-likeness (QED) is 0.853. The Morgan fingerprint density at radius 2 is 1.83 bits per heavy atom. The van der Waals surface area contributed by atoms with Crippen LogP contribution in [0.1, 0.15) is 34.7 Å². The fourth-order valence-corrected chi connectivity index (χ4v) is 2.94. The van der Waals surface area contributed by atoms with E-state index in [4.69, 9.17) is 0 Å². The zero-order chi connectivity index (χ0) is 17.1. The molecule has 0 bridgehead atoms. The first kappa shape index (κ1) is 16.3. The monoisotopic (exact) mass is 326 g/mol.